The first-order chi connectivity index (χ1) is 11.9. The van der Waals surface area contributed by atoms with Gasteiger partial charge in [0.25, 0.3) is 5.91 Å². The Morgan fingerprint density at radius 2 is 1.54 bits per heavy atom. The predicted molar refractivity (Wildman–Crippen MR) is 105 cm³/mol. The Bertz CT molecular complexity index is 942. The summed E-state index contributed by atoms with van der Waals surface area (Å²) in [6.45, 7) is 11.0. The Morgan fingerprint density at radius 3 is 2.15 bits per heavy atom. The van der Waals surface area contributed by atoms with Crippen LogP contribution in [0.2, 0.25) is 0 Å². The molecule has 26 heavy (non-hydrogen) atoms. The summed E-state index contributed by atoms with van der Waals surface area (Å²) < 4.78 is 27.7. The molecule has 2 aromatic rings. The number of rotatable bonds is 4. The number of aryl methyl sites for hydroxylation is 3. The molecule has 5 nitrogen and oxygen atoms in total. The van der Waals surface area contributed by atoms with Gasteiger partial charge in [-0.05, 0) is 76.4 Å². The van der Waals surface area contributed by atoms with E-state index in [4.69, 9.17) is 0 Å². The molecule has 0 saturated carbocycles. The smallest absolute Gasteiger partial charge is 0.255 e. The van der Waals surface area contributed by atoms with Crippen molar-refractivity contribution in [2.24, 2.45) is 0 Å². The first-order valence-corrected chi connectivity index (χ1v) is 9.90. The third kappa shape index (κ3) is 4.93. The van der Waals surface area contributed by atoms with Crippen molar-refractivity contribution >= 4 is 21.6 Å². The van der Waals surface area contributed by atoms with Crippen LogP contribution in [0.5, 0.6) is 0 Å². The molecule has 1 amide bonds. The van der Waals surface area contributed by atoms with Gasteiger partial charge in [-0.25, -0.2) is 13.1 Å². The standard InChI is InChI=1S/C20H26N2O3S/c1-13-7-8-15(3)18(11-13)21-19(23)17-12-16(10-9-14(17)2)26(24,25)22-20(4,5)6/h7-12,22H,1-6H3,(H,21,23). The number of amides is 1. The number of carbonyl (C=O) groups is 1. The van der Waals surface area contributed by atoms with Gasteiger partial charge in [0.2, 0.25) is 10.0 Å². The molecule has 0 aliphatic carbocycles. The first kappa shape index (κ1) is 20.1. The molecule has 0 aromatic heterocycles. The molecule has 0 aliphatic rings. The van der Waals surface area contributed by atoms with Crippen molar-refractivity contribution in [1.82, 2.24) is 4.72 Å². The lowest BCUT2D eigenvalue weighted by Gasteiger charge is -2.21. The Morgan fingerprint density at radius 1 is 0.923 bits per heavy atom. The van der Waals surface area contributed by atoms with Crippen molar-refractivity contribution in [3.63, 3.8) is 0 Å². The van der Waals surface area contributed by atoms with Crippen LogP contribution in [-0.2, 0) is 10.0 Å². The topological polar surface area (TPSA) is 75.3 Å². The van der Waals surface area contributed by atoms with Gasteiger partial charge >= 0.3 is 0 Å². The van der Waals surface area contributed by atoms with Crippen LogP contribution in [0.4, 0.5) is 5.69 Å². The third-order valence-corrected chi connectivity index (χ3v) is 5.60. The molecule has 0 saturated heterocycles. The molecule has 0 unspecified atom stereocenters. The predicted octanol–water partition coefficient (Wildman–Crippen LogP) is 3.94. The maximum Gasteiger partial charge on any atom is 0.255 e. The molecule has 0 radical (unpaired) electrons. The average Bonchev–Trinajstić information content (AvgIpc) is 2.48. The van der Waals surface area contributed by atoms with Crippen LogP contribution in [-0.4, -0.2) is 19.9 Å². The SMILES string of the molecule is Cc1ccc(C)c(NC(=O)c2cc(S(=O)(=O)NC(C)(C)C)ccc2C)c1. The van der Waals surface area contributed by atoms with Crippen LogP contribution in [0.25, 0.3) is 0 Å². The van der Waals surface area contributed by atoms with E-state index in [1.54, 1.807) is 33.8 Å². The fourth-order valence-electron chi connectivity index (χ4n) is 2.54. The van der Waals surface area contributed by atoms with E-state index in [9.17, 15) is 13.2 Å². The van der Waals surface area contributed by atoms with Crippen LogP contribution in [0.3, 0.4) is 0 Å². The summed E-state index contributed by atoms with van der Waals surface area (Å²) in [5.74, 6) is -0.330. The van der Waals surface area contributed by atoms with Gasteiger partial charge in [-0.1, -0.05) is 18.2 Å². The highest BCUT2D eigenvalue weighted by molar-refractivity contribution is 7.89. The highest BCUT2D eigenvalue weighted by Crippen LogP contribution is 2.21. The number of anilines is 1. The van der Waals surface area contributed by atoms with Crippen molar-refractivity contribution in [3.05, 3.63) is 58.7 Å². The normalized spacial score (nSPS) is 12.1. The summed E-state index contributed by atoms with van der Waals surface area (Å²) in [7, 11) is -3.71. The summed E-state index contributed by atoms with van der Waals surface area (Å²) in [6, 6.07) is 10.4. The molecule has 0 bridgehead atoms. The minimum absolute atomic E-state index is 0.0733. The van der Waals surface area contributed by atoms with Crippen LogP contribution in [0.1, 0.15) is 47.8 Å². The number of hydrogen-bond acceptors (Lipinski definition) is 3. The summed E-state index contributed by atoms with van der Waals surface area (Å²) in [4.78, 5) is 12.8. The largest absolute Gasteiger partial charge is 0.322 e. The van der Waals surface area contributed by atoms with Crippen LogP contribution < -0.4 is 10.0 Å². The fraction of sp³-hybridized carbons (Fsp3) is 0.350. The van der Waals surface area contributed by atoms with Gasteiger partial charge in [-0.3, -0.25) is 4.79 Å². The lowest BCUT2D eigenvalue weighted by Crippen LogP contribution is -2.40. The number of hydrogen-bond donors (Lipinski definition) is 2. The first-order valence-electron chi connectivity index (χ1n) is 8.42. The third-order valence-electron chi connectivity index (χ3n) is 3.85. The zero-order valence-electron chi connectivity index (χ0n) is 16.1. The maximum absolute atomic E-state index is 12.7. The Balaban J connectivity index is 2.38. The van der Waals surface area contributed by atoms with E-state index in [2.05, 4.69) is 10.0 Å². The van der Waals surface area contributed by atoms with Crippen molar-refractivity contribution in [2.45, 2.75) is 52.0 Å². The monoisotopic (exact) mass is 374 g/mol. The molecule has 2 N–H and O–H groups in total. The van der Waals surface area contributed by atoms with E-state index in [0.717, 1.165) is 16.8 Å². The molecular weight excluding hydrogens is 348 g/mol. The number of nitrogens with one attached hydrogen (secondary N) is 2. The molecule has 140 valence electrons. The van der Waals surface area contributed by atoms with Gasteiger partial charge in [0, 0.05) is 16.8 Å². The van der Waals surface area contributed by atoms with Crippen molar-refractivity contribution in [1.29, 1.82) is 0 Å². The summed E-state index contributed by atoms with van der Waals surface area (Å²) in [5, 5.41) is 2.88. The van der Waals surface area contributed by atoms with E-state index >= 15 is 0 Å². The lowest BCUT2D eigenvalue weighted by molar-refractivity contribution is 0.102. The van der Waals surface area contributed by atoms with E-state index in [1.165, 1.54) is 12.1 Å². The summed E-state index contributed by atoms with van der Waals surface area (Å²) in [5.41, 5.74) is 3.14. The molecule has 0 atom stereocenters. The summed E-state index contributed by atoms with van der Waals surface area (Å²) in [6.07, 6.45) is 0. The van der Waals surface area contributed by atoms with Crippen molar-refractivity contribution in [3.8, 4) is 0 Å². The molecule has 2 aromatic carbocycles. The quantitative estimate of drug-likeness (QED) is 0.851. The zero-order valence-corrected chi connectivity index (χ0v) is 16.9. The summed E-state index contributed by atoms with van der Waals surface area (Å²) >= 11 is 0. The Labute approximate surface area is 155 Å². The second-order valence-electron chi connectivity index (χ2n) is 7.60. The van der Waals surface area contributed by atoms with E-state index in [-0.39, 0.29) is 10.8 Å². The van der Waals surface area contributed by atoms with E-state index in [1.807, 2.05) is 32.0 Å². The Kier molecular flexibility index (Phi) is 5.58. The highest BCUT2D eigenvalue weighted by atomic mass is 32.2. The zero-order chi connectivity index (χ0) is 19.7. The number of carbonyl (C=O) groups excluding carboxylic acids is 1. The maximum atomic E-state index is 12.7. The molecule has 0 aliphatic heterocycles. The molecule has 0 heterocycles. The Hall–Kier alpha value is -2.18. The average molecular weight is 375 g/mol. The van der Waals surface area contributed by atoms with Gasteiger partial charge in [0.1, 0.15) is 0 Å². The molecule has 0 fully saturated rings. The molecule has 2 rings (SSSR count). The van der Waals surface area contributed by atoms with Crippen molar-refractivity contribution < 1.29 is 13.2 Å². The van der Waals surface area contributed by atoms with Crippen LogP contribution in [0, 0.1) is 20.8 Å². The lowest BCUT2D eigenvalue weighted by atomic mass is 10.1. The van der Waals surface area contributed by atoms with Gasteiger partial charge in [-0.2, -0.15) is 0 Å². The molecule has 0 spiro atoms. The minimum Gasteiger partial charge on any atom is -0.322 e. The van der Waals surface area contributed by atoms with Gasteiger partial charge < -0.3 is 5.32 Å². The van der Waals surface area contributed by atoms with Gasteiger partial charge in [0.05, 0.1) is 4.90 Å². The van der Waals surface area contributed by atoms with Crippen LogP contribution >= 0.6 is 0 Å². The molecular formula is C20H26N2O3S. The van der Waals surface area contributed by atoms with Gasteiger partial charge in [0.15, 0.2) is 0 Å². The number of sulfonamides is 1. The van der Waals surface area contributed by atoms with Crippen LogP contribution in [0.15, 0.2) is 41.3 Å². The minimum atomic E-state index is -3.71. The number of benzene rings is 2. The van der Waals surface area contributed by atoms with E-state index in [0.29, 0.717) is 11.1 Å². The van der Waals surface area contributed by atoms with E-state index < -0.39 is 15.6 Å². The fourth-order valence-corrected chi connectivity index (χ4v) is 3.98. The second kappa shape index (κ2) is 7.21. The highest BCUT2D eigenvalue weighted by Gasteiger charge is 2.23. The van der Waals surface area contributed by atoms with Crippen molar-refractivity contribution in [2.75, 3.05) is 5.32 Å². The molecule has 6 heteroatoms. The van der Waals surface area contributed by atoms with Gasteiger partial charge in [-0.15, -0.1) is 0 Å². The second-order valence-corrected chi connectivity index (χ2v) is 9.29.